The molecule has 0 aliphatic carbocycles. The molecule has 2 heterocycles. The Labute approximate surface area is 187 Å². The standard InChI is InChI=1S/C23H30N2O5S/c1-7-8-11-29-17-10-9-16(12-18(17)28-6)20-19(22(27)30-13(2)3)14(4)24-23-25(20)21(26)15(5)31-23/h9-10,12-13,15,20H,7-8,11H2,1-6H3/t15-,20-/m1/s1. The van der Waals surface area contributed by atoms with Crippen molar-refractivity contribution >= 4 is 28.8 Å². The van der Waals surface area contributed by atoms with Crippen LogP contribution in [0.5, 0.6) is 11.5 Å². The summed E-state index contributed by atoms with van der Waals surface area (Å²) in [5, 5.41) is 0.330. The van der Waals surface area contributed by atoms with Crippen LogP contribution in [-0.2, 0) is 14.3 Å². The van der Waals surface area contributed by atoms with Crippen molar-refractivity contribution in [2.24, 2.45) is 4.99 Å². The van der Waals surface area contributed by atoms with Gasteiger partial charge in [-0.3, -0.25) is 9.69 Å². The Morgan fingerprint density at radius 1 is 1.29 bits per heavy atom. The van der Waals surface area contributed by atoms with Crippen LogP contribution in [0.3, 0.4) is 0 Å². The van der Waals surface area contributed by atoms with E-state index in [1.54, 1.807) is 32.8 Å². The van der Waals surface area contributed by atoms with E-state index in [1.807, 2.05) is 25.1 Å². The molecule has 0 aromatic heterocycles. The van der Waals surface area contributed by atoms with E-state index in [9.17, 15) is 9.59 Å². The second-order valence-electron chi connectivity index (χ2n) is 7.83. The van der Waals surface area contributed by atoms with Gasteiger partial charge in [0.2, 0.25) is 5.91 Å². The number of rotatable bonds is 8. The summed E-state index contributed by atoms with van der Waals surface area (Å²) in [5.41, 5.74) is 1.66. The third-order valence-electron chi connectivity index (χ3n) is 5.08. The van der Waals surface area contributed by atoms with Gasteiger partial charge in [0.15, 0.2) is 16.7 Å². The number of amidine groups is 1. The SMILES string of the molecule is CCCCOc1ccc([C@@H]2C(C(=O)OC(C)C)=C(C)N=C3S[C@H](C)C(=O)N32)cc1OC. The molecule has 0 radical (unpaired) electrons. The number of carbonyl (C=O) groups is 2. The monoisotopic (exact) mass is 446 g/mol. The van der Waals surface area contributed by atoms with Crippen LogP contribution < -0.4 is 9.47 Å². The molecule has 1 aromatic rings. The maximum atomic E-state index is 13.0. The molecule has 0 bridgehead atoms. The molecular formula is C23H30N2O5S. The summed E-state index contributed by atoms with van der Waals surface area (Å²) in [7, 11) is 1.58. The van der Waals surface area contributed by atoms with E-state index < -0.39 is 12.0 Å². The van der Waals surface area contributed by atoms with E-state index >= 15 is 0 Å². The Morgan fingerprint density at radius 2 is 2.03 bits per heavy atom. The average molecular weight is 447 g/mol. The topological polar surface area (TPSA) is 77.4 Å². The number of aliphatic imine (C=N–C) groups is 1. The maximum Gasteiger partial charge on any atom is 0.338 e. The fourth-order valence-corrected chi connectivity index (χ4v) is 4.59. The van der Waals surface area contributed by atoms with Crippen LogP contribution >= 0.6 is 11.8 Å². The Morgan fingerprint density at radius 3 is 2.68 bits per heavy atom. The van der Waals surface area contributed by atoms with Gasteiger partial charge in [0, 0.05) is 0 Å². The number of methoxy groups -OCH3 is 1. The zero-order valence-electron chi connectivity index (χ0n) is 18.9. The van der Waals surface area contributed by atoms with Gasteiger partial charge >= 0.3 is 5.97 Å². The highest BCUT2D eigenvalue weighted by molar-refractivity contribution is 8.15. The molecule has 2 aliphatic heterocycles. The number of hydrogen-bond donors (Lipinski definition) is 0. The van der Waals surface area contributed by atoms with E-state index in [0.29, 0.717) is 34.5 Å². The minimum Gasteiger partial charge on any atom is -0.493 e. The first kappa shape index (κ1) is 23.2. The highest BCUT2D eigenvalue weighted by atomic mass is 32.2. The summed E-state index contributed by atoms with van der Waals surface area (Å²) < 4.78 is 16.9. The first-order valence-corrected chi connectivity index (χ1v) is 11.5. The molecule has 1 saturated heterocycles. The average Bonchev–Trinajstić information content (AvgIpc) is 2.99. The minimum atomic E-state index is -0.637. The first-order chi connectivity index (χ1) is 14.8. The smallest absolute Gasteiger partial charge is 0.338 e. The molecule has 7 nitrogen and oxygen atoms in total. The maximum absolute atomic E-state index is 13.0. The molecule has 0 spiro atoms. The molecule has 3 rings (SSSR count). The first-order valence-electron chi connectivity index (χ1n) is 10.6. The molecule has 2 aliphatic rings. The van der Waals surface area contributed by atoms with Gasteiger partial charge in [0.25, 0.3) is 0 Å². The molecule has 0 unspecified atom stereocenters. The van der Waals surface area contributed by atoms with Gasteiger partial charge in [-0.25, -0.2) is 9.79 Å². The van der Waals surface area contributed by atoms with E-state index in [4.69, 9.17) is 14.2 Å². The van der Waals surface area contributed by atoms with Crippen LogP contribution in [0.2, 0.25) is 0 Å². The molecule has 2 atom stereocenters. The summed E-state index contributed by atoms with van der Waals surface area (Å²) in [6.45, 7) is 9.91. The van der Waals surface area contributed by atoms with E-state index in [2.05, 4.69) is 11.9 Å². The van der Waals surface area contributed by atoms with E-state index in [1.165, 1.54) is 11.8 Å². The Bertz CT molecular complexity index is 925. The van der Waals surface area contributed by atoms with Crippen molar-refractivity contribution in [2.45, 2.75) is 64.9 Å². The predicted molar refractivity (Wildman–Crippen MR) is 121 cm³/mol. The Balaban J connectivity index is 2.06. The van der Waals surface area contributed by atoms with Gasteiger partial charge in [0.05, 0.1) is 42.4 Å². The van der Waals surface area contributed by atoms with Crippen LogP contribution in [0.1, 0.15) is 59.1 Å². The highest BCUT2D eigenvalue weighted by Crippen LogP contribution is 2.44. The largest absolute Gasteiger partial charge is 0.493 e. The summed E-state index contributed by atoms with van der Waals surface area (Å²) in [6, 6.07) is 4.88. The van der Waals surface area contributed by atoms with Gasteiger partial charge in [-0.1, -0.05) is 31.2 Å². The van der Waals surface area contributed by atoms with Crippen LogP contribution in [-0.4, -0.2) is 47.0 Å². The zero-order valence-corrected chi connectivity index (χ0v) is 19.7. The van der Waals surface area contributed by atoms with Crippen molar-refractivity contribution in [1.82, 2.24) is 4.90 Å². The van der Waals surface area contributed by atoms with Crippen molar-refractivity contribution in [1.29, 1.82) is 0 Å². The molecule has 168 valence electrons. The number of amides is 1. The quantitative estimate of drug-likeness (QED) is 0.433. The Hall–Kier alpha value is -2.48. The van der Waals surface area contributed by atoms with E-state index in [-0.39, 0.29) is 17.3 Å². The van der Waals surface area contributed by atoms with Crippen molar-refractivity contribution in [3.63, 3.8) is 0 Å². The second-order valence-corrected chi connectivity index (χ2v) is 9.14. The van der Waals surface area contributed by atoms with Gasteiger partial charge in [-0.15, -0.1) is 0 Å². The number of allylic oxidation sites excluding steroid dienone is 1. The molecule has 1 aromatic carbocycles. The molecule has 0 saturated carbocycles. The lowest BCUT2D eigenvalue weighted by atomic mass is 9.94. The lowest BCUT2D eigenvalue weighted by Gasteiger charge is -2.33. The van der Waals surface area contributed by atoms with Crippen LogP contribution in [0.15, 0.2) is 34.5 Å². The van der Waals surface area contributed by atoms with Crippen LogP contribution in [0.25, 0.3) is 0 Å². The number of benzene rings is 1. The van der Waals surface area contributed by atoms with Gasteiger partial charge in [-0.05, 0) is 51.8 Å². The molecule has 1 amide bonds. The normalized spacial score (nSPS) is 20.7. The van der Waals surface area contributed by atoms with Crippen LogP contribution in [0, 0.1) is 0 Å². The van der Waals surface area contributed by atoms with Crippen molar-refractivity contribution in [2.75, 3.05) is 13.7 Å². The van der Waals surface area contributed by atoms with Crippen molar-refractivity contribution < 1.29 is 23.8 Å². The van der Waals surface area contributed by atoms with Crippen LogP contribution in [0.4, 0.5) is 0 Å². The minimum absolute atomic E-state index is 0.0849. The van der Waals surface area contributed by atoms with Gasteiger partial charge in [-0.2, -0.15) is 0 Å². The summed E-state index contributed by atoms with van der Waals surface area (Å²) in [6.07, 6.45) is 1.69. The summed E-state index contributed by atoms with van der Waals surface area (Å²) in [4.78, 5) is 32.2. The molecular weight excluding hydrogens is 416 g/mol. The van der Waals surface area contributed by atoms with Gasteiger partial charge < -0.3 is 14.2 Å². The number of fused-ring (bicyclic) bond motifs is 1. The summed E-state index contributed by atoms with van der Waals surface area (Å²) >= 11 is 1.40. The number of carbonyl (C=O) groups excluding carboxylic acids is 2. The number of esters is 1. The number of thioether (sulfide) groups is 1. The second kappa shape index (κ2) is 9.77. The van der Waals surface area contributed by atoms with Crippen molar-refractivity contribution in [3.05, 3.63) is 35.0 Å². The number of unbranched alkanes of at least 4 members (excludes halogenated alkanes) is 1. The number of ether oxygens (including phenoxy) is 3. The zero-order chi connectivity index (χ0) is 22.7. The third kappa shape index (κ3) is 4.74. The fourth-order valence-electron chi connectivity index (χ4n) is 3.56. The van der Waals surface area contributed by atoms with E-state index in [0.717, 1.165) is 18.4 Å². The molecule has 31 heavy (non-hydrogen) atoms. The summed E-state index contributed by atoms with van der Waals surface area (Å²) in [5.74, 6) is 0.629. The molecule has 1 fully saturated rings. The Kier molecular flexibility index (Phi) is 7.30. The highest BCUT2D eigenvalue weighted by Gasteiger charge is 2.46. The predicted octanol–water partition coefficient (Wildman–Crippen LogP) is 4.47. The fraction of sp³-hybridized carbons (Fsp3) is 0.522. The number of hydrogen-bond acceptors (Lipinski definition) is 7. The lowest BCUT2D eigenvalue weighted by molar-refractivity contribution is -0.143. The number of nitrogens with zero attached hydrogens (tertiary/aromatic N) is 2. The lowest BCUT2D eigenvalue weighted by Crippen LogP contribution is -2.40. The third-order valence-corrected chi connectivity index (χ3v) is 6.13. The van der Waals surface area contributed by atoms with Gasteiger partial charge in [0.1, 0.15) is 0 Å². The van der Waals surface area contributed by atoms with Crippen molar-refractivity contribution in [3.8, 4) is 11.5 Å². The molecule has 0 N–H and O–H groups in total. The molecule has 8 heteroatoms.